The van der Waals surface area contributed by atoms with Gasteiger partial charge in [0.05, 0.1) is 5.69 Å². The summed E-state index contributed by atoms with van der Waals surface area (Å²) < 4.78 is 25.5. The number of hydrogen-bond donors (Lipinski definition) is 1. The monoisotopic (exact) mass is 473 g/mol. The van der Waals surface area contributed by atoms with Crippen molar-refractivity contribution in [1.82, 2.24) is 15.2 Å². The quantitative estimate of drug-likeness (QED) is 0.399. The number of benzene rings is 1. The van der Waals surface area contributed by atoms with E-state index in [-0.39, 0.29) is 5.91 Å². The van der Waals surface area contributed by atoms with Crippen molar-refractivity contribution in [2.24, 2.45) is 0 Å². The number of nitrogens with one attached hydrogen (secondary N) is 1. The fraction of sp³-hybridized carbons (Fsp3) is 0.294. The fourth-order valence-electron chi connectivity index (χ4n) is 2.28. The van der Waals surface area contributed by atoms with Gasteiger partial charge in [0.25, 0.3) is 5.76 Å². The predicted octanol–water partition coefficient (Wildman–Crippen LogP) is 5.72. The van der Waals surface area contributed by atoms with Gasteiger partial charge in [-0.25, -0.2) is 4.98 Å². The Hall–Kier alpha value is -1.76. The number of carbonyl (C=O) groups is 1. The molecule has 0 radical (unpaired) electrons. The van der Waals surface area contributed by atoms with Crippen molar-refractivity contribution in [2.75, 3.05) is 16.8 Å². The molecule has 0 aliphatic rings. The van der Waals surface area contributed by atoms with Crippen LogP contribution in [0.5, 0.6) is 0 Å². The normalized spacial score (nSPS) is 11.1. The number of thiazole rings is 1. The molecule has 0 atom stereocenters. The first-order valence-corrected chi connectivity index (χ1v) is 12.0. The van der Waals surface area contributed by atoms with Gasteiger partial charge in [0.1, 0.15) is 0 Å². The van der Waals surface area contributed by atoms with Gasteiger partial charge in [-0.2, -0.15) is 8.78 Å². The lowest BCUT2D eigenvalue weighted by Gasteiger charge is -2.14. The van der Waals surface area contributed by atoms with Crippen molar-refractivity contribution < 1.29 is 13.6 Å². The highest BCUT2D eigenvalue weighted by atomic mass is 32.2. The first-order chi connectivity index (χ1) is 13.9. The third-order valence-corrected chi connectivity index (χ3v) is 7.19. The average Bonchev–Trinajstić information content (AvgIpc) is 3.31. The van der Waals surface area contributed by atoms with Gasteiger partial charge in [-0.1, -0.05) is 34.9 Å². The van der Waals surface area contributed by atoms with E-state index >= 15 is 0 Å². The first kappa shape index (κ1) is 21.9. The van der Waals surface area contributed by atoms with E-state index < -0.39 is 5.76 Å². The zero-order chi connectivity index (χ0) is 20.8. The van der Waals surface area contributed by atoms with E-state index in [9.17, 15) is 13.6 Å². The smallest absolute Gasteiger partial charge is 0.288 e. The molecule has 154 valence electrons. The Morgan fingerprint density at radius 1 is 1.28 bits per heavy atom. The third-order valence-electron chi connectivity index (χ3n) is 3.55. The summed E-state index contributed by atoms with van der Waals surface area (Å²) in [6.45, 7) is 4.03. The minimum Gasteiger partial charge on any atom is -0.330 e. The number of alkyl halides is 2. The van der Waals surface area contributed by atoms with E-state index in [0.29, 0.717) is 39.2 Å². The van der Waals surface area contributed by atoms with Crippen LogP contribution in [0.4, 0.5) is 24.7 Å². The lowest BCUT2D eigenvalue weighted by molar-refractivity contribution is -0.116. The minimum absolute atomic E-state index is 0.0262. The SMILES string of the molecule is CCN(C(C)=O)c1nc(CSc2nnc(Nc3ccc(SC(F)F)cc3)s2)cs1. The molecule has 3 aromatic rings. The molecule has 0 fully saturated rings. The number of aromatic nitrogens is 3. The molecule has 1 aromatic carbocycles. The van der Waals surface area contributed by atoms with Gasteiger partial charge in [-0.3, -0.25) is 9.69 Å². The number of carbonyl (C=O) groups excluding carboxylic acids is 1. The highest BCUT2D eigenvalue weighted by Crippen LogP contribution is 2.32. The molecule has 1 amide bonds. The van der Waals surface area contributed by atoms with Crippen LogP contribution in [0.25, 0.3) is 0 Å². The van der Waals surface area contributed by atoms with E-state index in [1.807, 2.05) is 12.3 Å². The maximum atomic E-state index is 12.4. The van der Waals surface area contributed by atoms with Crippen LogP contribution in [0.2, 0.25) is 0 Å². The number of rotatable bonds is 9. The largest absolute Gasteiger partial charge is 0.330 e. The minimum atomic E-state index is -2.43. The number of hydrogen-bond acceptors (Lipinski definition) is 9. The van der Waals surface area contributed by atoms with Crippen molar-refractivity contribution >= 4 is 68.1 Å². The summed E-state index contributed by atoms with van der Waals surface area (Å²) in [6, 6.07) is 6.72. The highest BCUT2D eigenvalue weighted by molar-refractivity contribution is 8.00. The second-order valence-corrected chi connectivity index (χ2v) is 9.67. The molecule has 12 heteroatoms. The Labute approximate surface area is 183 Å². The van der Waals surface area contributed by atoms with Gasteiger partial charge in [0.15, 0.2) is 9.47 Å². The number of thioether (sulfide) groups is 2. The van der Waals surface area contributed by atoms with E-state index in [2.05, 4.69) is 20.5 Å². The van der Waals surface area contributed by atoms with Gasteiger partial charge in [-0.15, -0.1) is 21.5 Å². The van der Waals surface area contributed by atoms with E-state index in [1.165, 1.54) is 41.4 Å². The standard InChI is InChI=1S/C17H17F2N5OS4/c1-3-24(10(2)25)16-21-12(8-26-16)9-27-17-23-22-15(29-17)20-11-4-6-13(7-5-11)28-14(18)19/h4-8,14H,3,9H2,1-2H3,(H,20,22). The third kappa shape index (κ3) is 6.36. The van der Waals surface area contributed by atoms with Gasteiger partial charge in [0, 0.05) is 35.2 Å². The second kappa shape index (κ2) is 10.3. The summed E-state index contributed by atoms with van der Waals surface area (Å²) in [4.78, 5) is 18.3. The lowest BCUT2D eigenvalue weighted by atomic mass is 10.3. The van der Waals surface area contributed by atoms with Crippen molar-refractivity contribution in [3.63, 3.8) is 0 Å². The number of halogens is 2. The van der Waals surface area contributed by atoms with Crippen LogP contribution in [-0.4, -0.2) is 33.4 Å². The Morgan fingerprint density at radius 3 is 2.69 bits per heavy atom. The number of anilines is 3. The van der Waals surface area contributed by atoms with Gasteiger partial charge < -0.3 is 5.32 Å². The maximum Gasteiger partial charge on any atom is 0.288 e. The van der Waals surface area contributed by atoms with Crippen LogP contribution in [0.15, 0.2) is 38.9 Å². The molecule has 29 heavy (non-hydrogen) atoms. The molecule has 0 unspecified atom stereocenters. The molecule has 2 aromatic heterocycles. The highest BCUT2D eigenvalue weighted by Gasteiger charge is 2.14. The zero-order valence-electron chi connectivity index (χ0n) is 15.5. The van der Waals surface area contributed by atoms with Gasteiger partial charge >= 0.3 is 0 Å². The summed E-state index contributed by atoms with van der Waals surface area (Å²) in [7, 11) is 0. The Morgan fingerprint density at radius 2 is 2.03 bits per heavy atom. The topological polar surface area (TPSA) is 71.0 Å². The Bertz CT molecular complexity index is 947. The van der Waals surface area contributed by atoms with Crippen molar-refractivity contribution in [2.45, 2.75) is 34.6 Å². The van der Waals surface area contributed by atoms with Crippen molar-refractivity contribution in [3.05, 3.63) is 35.3 Å². The van der Waals surface area contributed by atoms with Gasteiger partial charge in [-0.05, 0) is 31.2 Å². The van der Waals surface area contributed by atoms with E-state index in [0.717, 1.165) is 15.7 Å². The van der Waals surface area contributed by atoms with Crippen LogP contribution in [-0.2, 0) is 10.5 Å². The van der Waals surface area contributed by atoms with E-state index in [1.54, 1.807) is 29.2 Å². The number of nitrogens with zero attached hydrogens (tertiary/aromatic N) is 4. The summed E-state index contributed by atoms with van der Waals surface area (Å²) in [5, 5.41) is 14.6. The second-order valence-electron chi connectivity index (χ2n) is 5.57. The Balaban J connectivity index is 1.54. The lowest BCUT2D eigenvalue weighted by Crippen LogP contribution is -2.27. The molecule has 3 rings (SSSR count). The molecule has 0 aliphatic heterocycles. The Kier molecular flexibility index (Phi) is 7.81. The van der Waals surface area contributed by atoms with Crippen LogP contribution in [0, 0.1) is 0 Å². The molecule has 0 aliphatic carbocycles. The summed E-state index contributed by atoms with van der Waals surface area (Å²) >= 11 is 4.87. The van der Waals surface area contributed by atoms with Crippen LogP contribution < -0.4 is 10.2 Å². The zero-order valence-corrected chi connectivity index (χ0v) is 18.7. The molecule has 0 saturated heterocycles. The molecule has 0 saturated carbocycles. The van der Waals surface area contributed by atoms with Crippen LogP contribution in [0.1, 0.15) is 19.5 Å². The molecule has 6 nitrogen and oxygen atoms in total. The van der Waals surface area contributed by atoms with Crippen molar-refractivity contribution in [1.29, 1.82) is 0 Å². The van der Waals surface area contributed by atoms with Gasteiger partial charge in [0.2, 0.25) is 11.0 Å². The average molecular weight is 474 g/mol. The van der Waals surface area contributed by atoms with Crippen LogP contribution >= 0.6 is 46.2 Å². The van der Waals surface area contributed by atoms with Crippen LogP contribution in [0.3, 0.4) is 0 Å². The summed E-state index contributed by atoms with van der Waals surface area (Å²) in [6.07, 6.45) is 0. The predicted molar refractivity (Wildman–Crippen MR) is 117 cm³/mol. The molecule has 2 heterocycles. The summed E-state index contributed by atoms with van der Waals surface area (Å²) in [5.74, 6) is -1.83. The fourth-order valence-corrected chi connectivity index (χ4v) is 5.48. The molecular weight excluding hydrogens is 456 g/mol. The first-order valence-electron chi connectivity index (χ1n) is 8.45. The maximum absolute atomic E-state index is 12.4. The number of amides is 1. The van der Waals surface area contributed by atoms with E-state index in [4.69, 9.17) is 0 Å². The van der Waals surface area contributed by atoms with Crippen molar-refractivity contribution in [3.8, 4) is 0 Å². The molecule has 0 bridgehead atoms. The molecular formula is C17H17F2N5OS4. The summed E-state index contributed by atoms with van der Waals surface area (Å²) in [5.41, 5.74) is 1.64. The molecule has 0 spiro atoms. The molecule has 1 N–H and O–H groups in total.